The van der Waals surface area contributed by atoms with E-state index in [1.165, 1.54) is 18.2 Å². The van der Waals surface area contributed by atoms with E-state index < -0.39 is 29.3 Å². The van der Waals surface area contributed by atoms with Gasteiger partial charge >= 0.3 is 11.9 Å². The molecule has 0 aromatic heterocycles. The number of amides is 1. The zero-order valence-electron chi connectivity index (χ0n) is 10.6. The summed E-state index contributed by atoms with van der Waals surface area (Å²) in [5.74, 6) is -0.815. The Morgan fingerprint density at radius 2 is 2.10 bits per heavy atom. The Labute approximate surface area is 117 Å². The molecule has 0 heterocycles. The van der Waals surface area contributed by atoms with Crippen molar-refractivity contribution in [3.05, 3.63) is 33.9 Å². The predicted molar refractivity (Wildman–Crippen MR) is 66.7 cm³/mol. The van der Waals surface area contributed by atoms with Crippen molar-refractivity contribution >= 4 is 17.3 Å². The summed E-state index contributed by atoms with van der Waals surface area (Å²) in [4.78, 5) is 21.8. The van der Waals surface area contributed by atoms with Gasteiger partial charge in [-0.15, -0.1) is 0 Å². The second kappa shape index (κ2) is 6.88. The maximum atomic E-state index is 11.8. The van der Waals surface area contributed by atoms with Gasteiger partial charge in [-0.05, 0) is 12.1 Å². The summed E-state index contributed by atoms with van der Waals surface area (Å²) >= 11 is 0. The topological polar surface area (TPSA) is 107 Å². The Balaban J connectivity index is 2.57. The zero-order valence-corrected chi connectivity index (χ0v) is 10.6. The molecule has 7 nitrogen and oxygen atoms in total. The molecule has 0 saturated carbocycles. The molecule has 0 aliphatic rings. The first-order valence-electron chi connectivity index (χ1n) is 5.68. The molecule has 21 heavy (non-hydrogen) atoms. The van der Waals surface area contributed by atoms with E-state index in [-0.39, 0.29) is 24.4 Å². The van der Waals surface area contributed by atoms with E-state index in [9.17, 15) is 28.1 Å². The summed E-state index contributed by atoms with van der Waals surface area (Å²) in [5.41, 5.74) is 4.42. The van der Waals surface area contributed by atoms with Crippen LogP contribution in [0, 0.1) is 10.1 Å². The maximum absolute atomic E-state index is 11.8. The van der Waals surface area contributed by atoms with Crippen LogP contribution in [-0.2, 0) is 4.74 Å². The number of hydrogen-bond donors (Lipinski definition) is 2. The number of nitrogens with zero attached hydrogens (tertiary/aromatic N) is 1. The van der Waals surface area contributed by atoms with Crippen LogP contribution in [0.3, 0.4) is 0 Å². The minimum atomic E-state index is -4.45. The van der Waals surface area contributed by atoms with Gasteiger partial charge in [0, 0.05) is 6.54 Å². The number of nitrogens with one attached hydrogen (secondary N) is 1. The Bertz CT molecular complexity index is 534. The summed E-state index contributed by atoms with van der Waals surface area (Å²) in [6.45, 7) is -2.02. The van der Waals surface area contributed by atoms with Gasteiger partial charge in [-0.25, -0.2) is 0 Å². The van der Waals surface area contributed by atoms with Crippen LogP contribution in [0.1, 0.15) is 10.4 Å². The molecule has 0 spiro atoms. The normalized spacial score (nSPS) is 11.2. The quantitative estimate of drug-likeness (QED) is 0.358. The molecular weight excluding hydrogens is 295 g/mol. The average molecular weight is 307 g/mol. The van der Waals surface area contributed by atoms with Crippen molar-refractivity contribution in [3.8, 4) is 0 Å². The maximum Gasteiger partial charge on any atom is 0.411 e. The van der Waals surface area contributed by atoms with Crippen LogP contribution in [-0.4, -0.2) is 36.8 Å². The van der Waals surface area contributed by atoms with Crippen molar-refractivity contribution in [2.45, 2.75) is 6.18 Å². The fourth-order valence-corrected chi connectivity index (χ4v) is 1.47. The van der Waals surface area contributed by atoms with Crippen molar-refractivity contribution in [3.63, 3.8) is 0 Å². The molecule has 0 radical (unpaired) electrons. The van der Waals surface area contributed by atoms with Gasteiger partial charge in [0.1, 0.15) is 17.9 Å². The van der Waals surface area contributed by atoms with Crippen LogP contribution in [0.2, 0.25) is 0 Å². The molecule has 1 aromatic rings. The number of nitrogen functional groups attached to an aromatic ring is 1. The molecule has 0 aliphatic carbocycles. The molecular formula is C11H12F3N3O4. The lowest BCUT2D eigenvalue weighted by Crippen LogP contribution is -2.29. The first-order chi connectivity index (χ1) is 9.72. The third kappa shape index (κ3) is 5.26. The van der Waals surface area contributed by atoms with E-state index in [2.05, 4.69) is 10.1 Å². The van der Waals surface area contributed by atoms with Gasteiger partial charge in [-0.2, -0.15) is 13.2 Å². The molecule has 0 saturated heterocycles. The highest BCUT2D eigenvalue weighted by atomic mass is 19.4. The van der Waals surface area contributed by atoms with Crippen LogP contribution in [0.15, 0.2) is 18.2 Å². The van der Waals surface area contributed by atoms with Gasteiger partial charge in [-0.3, -0.25) is 14.9 Å². The van der Waals surface area contributed by atoms with E-state index >= 15 is 0 Å². The van der Waals surface area contributed by atoms with Crippen molar-refractivity contribution in [1.82, 2.24) is 5.32 Å². The van der Waals surface area contributed by atoms with Gasteiger partial charge in [0.2, 0.25) is 0 Å². The lowest BCUT2D eigenvalue weighted by Gasteiger charge is -2.09. The SMILES string of the molecule is Nc1cccc(C(=O)NCCOCC(F)(F)F)c1[N+](=O)[O-]. The summed E-state index contributed by atoms with van der Waals surface area (Å²) in [5, 5.41) is 13.0. The number of nitro groups is 1. The Morgan fingerprint density at radius 3 is 2.67 bits per heavy atom. The van der Waals surface area contributed by atoms with Crippen LogP contribution in [0.25, 0.3) is 0 Å². The monoisotopic (exact) mass is 307 g/mol. The Hall–Kier alpha value is -2.36. The molecule has 1 amide bonds. The van der Waals surface area contributed by atoms with Crippen LogP contribution in [0.4, 0.5) is 24.5 Å². The number of rotatable bonds is 6. The highest BCUT2D eigenvalue weighted by Crippen LogP contribution is 2.25. The number of carbonyl (C=O) groups is 1. The molecule has 0 atom stereocenters. The minimum Gasteiger partial charge on any atom is -0.393 e. The Morgan fingerprint density at radius 1 is 1.43 bits per heavy atom. The van der Waals surface area contributed by atoms with Gasteiger partial charge in [-0.1, -0.05) is 6.07 Å². The number of ether oxygens (including phenoxy) is 1. The third-order valence-electron chi connectivity index (χ3n) is 2.29. The van der Waals surface area contributed by atoms with Gasteiger partial charge in [0.05, 0.1) is 11.5 Å². The molecule has 1 rings (SSSR count). The van der Waals surface area contributed by atoms with Gasteiger partial charge in [0.15, 0.2) is 0 Å². The average Bonchev–Trinajstić information content (AvgIpc) is 2.35. The van der Waals surface area contributed by atoms with Crippen molar-refractivity contribution in [2.75, 3.05) is 25.5 Å². The number of nitrogens with two attached hydrogens (primary N) is 1. The predicted octanol–water partition coefficient (Wildman–Crippen LogP) is 1.49. The summed E-state index contributed by atoms with van der Waals surface area (Å²) in [6.07, 6.45) is -4.45. The molecule has 1 aromatic carbocycles. The lowest BCUT2D eigenvalue weighted by molar-refractivity contribution is -0.384. The summed E-state index contributed by atoms with van der Waals surface area (Å²) in [6, 6.07) is 3.82. The number of benzene rings is 1. The molecule has 0 aliphatic heterocycles. The van der Waals surface area contributed by atoms with E-state index in [4.69, 9.17) is 5.73 Å². The second-order valence-electron chi connectivity index (χ2n) is 3.92. The third-order valence-corrected chi connectivity index (χ3v) is 2.29. The summed E-state index contributed by atoms with van der Waals surface area (Å²) < 4.78 is 39.7. The van der Waals surface area contributed by atoms with E-state index in [0.717, 1.165) is 0 Å². The largest absolute Gasteiger partial charge is 0.411 e. The number of alkyl halides is 3. The number of anilines is 1. The van der Waals surface area contributed by atoms with Gasteiger partial charge in [0.25, 0.3) is 5.91 Å². The standard InChI is InChI=1S/C11H12F3N3O4/c12-11(13,14)6-21-5-4-16-10(18)7-2-1-3-8(15)9(7)17(19)20/h1-3H,4-6,15H2,(H,16,18). The number of nitro benzene ring substituents is 1. The van der Waals surface area contributed by atoms with Crippen LogP contribution >= 0.6 is 0 Å². The van der Waals surface area contributed by atoms with E-state index in [1.807, 2.05) is 0 Å². The second-order valence-corrected chi connectivity index (χ2v) is 3.92. The number of halogens is 3. The molecule has 0 bridgehead atoms. The highest BCUT2D eigenvalue weighted by Gasteiger charge is 2.27. The van der Waals surface area contributed by atoms with Gasteiger partial charge < -0.3 is 15.8 Å². The van der Waals surface area contributed by atoms with Crippen LogP contribution in [0.5, 0.6) is 0 Å². The van der Waals surface area contributed by atoms with E-state index in [0.29, 0.717) is 0 Å². The first-order valence-corrected chi connectivity index (χ1v) is 5.68. The fraction of sp³-hybridized carbons (Fsp3) is 0.364. The molecule has 0 unspecified atom stereocenters. The number of para-hydroxylation sites is 1. The summed E-state index contributed by atoms with van der Waals surface area (Å²) in [7, 11) is 0. The smallest absolute Gasteiger partial charge is 0.393 e. The highest BCUT2D eigenvalue weighted by molar-refractivity contribution is 6.00. The number of carbonyl (C=O) groups excluding carboxylic acids is 1. The molecule has 10 heteroatoms. The minimum absolute atomic E-state index is 0.180. The van der Waals surface area contributed by atoms with Crippen molar-refractivity contribution < 1.29 is 27.6 Å². The first kappa shape index (κ1) is 16.7. The van der Waals surface area contributed by atoms with Crippen LogP contribution < -0.4 is 11.1 Å². The van der Waals surface area contributed by atoms with E-state index in [1.54, 1.807) is 0 Å². The molecule has 3 N–H and O–H groups in total. The molecule has 116 valence electrons. The number of hydrogen-bond acceptors (Lipinski definition) is 5. The lowest BCUT2D eigenvalue weighted by atomic mass is 10.1. The zero-order chi connectivity index (χ0) is 16.0. The molecule has 0 fully saturated rings. The fourth-order valence-electron chi connectivity index (χ4n) is 1.47. The van der Waals surface area contributed by atoms with Crippen molar-refractivity contribution in [1.29, 1.82) is 0 Å². The Kier molecular flexibility index (Phi) is 5.47. The van der Waals surface area contributed by atoms with Crippen molar-refractivity contribution in [2.24, 2.45) is 0 Å².